The molecule has 98 valence electrons. The SMILES string of the molecule is CCc1ccc(NC2CCN3CCCCC23)cc1. The molecule has 2 aliphatic heterocycles. The molecule has 1 N–H and O–H groups in total. The largest absolute Gasteiger partial charge is 0.381 e. The highest BCUT2D eigenvalue weighted by Crippen LogP contribution is 2.29. The first-order valence-electron chi connectivity index (χ1n) is 7.46. The molecule has 1 aromatic carbocycles. The maximum Gasteiger partial charge on any atom is 0.0428 e. The molecule has 0 radical (unpaired) electrons. The van der Waals surface area contributed by atoms with E-state index in [0.717, 1.165) is 12.5 Å². The average molecular weight is 244 g/mol. The number of nitrogens with zero attached hydrogens (tertiary/aromatic N) is 1. The molecule has 2 nitrogen and oxygen atoms in total. The smallest absolute Gasteiger partial charge is 0.0428 e. The Balaban J connectivity index is 1.65. The van der Waals surface area contributed by atoms with Crippen molar-refractivity contribution in [3.63, 3.8) is 0 Å². The molecule has 0 bridgehead atoms. The zero-order valence-electron chi connectivity index (χ0n) is 11.4. The maximum atomic E-state index is 3.75. The molecule has 2 fully saturated rings. The van der Waals surface area contributed by atoms with Crippen LogP contribution in [0.25, 0.3) is 0 Å². The Kier molecular flexibility index (Phi) is 3.55. The van der Waals surface area contributed by atoms with Gasteiger partial charge in [-0.1, -0.05) is 25.5 Å². The lowest BCUT2D eigenvalue weighted by molar-refractivity contribution is 0.193. The molecule has 2 aliphatic rings. The summed E-state index contributed by atoms with van der Waals surface area (Å²) >= 11 is 0. The van der Waals surface area contributed by atoms with Gasteiger partial charge in [-0.05, 0) is 49.9 Å². The fraction of sp³-hybridized carbons (Fsp3) is 0.625. The monoisotopic (exact) mass is 244 g/mol. The van der Waals surface area contributed by atoms with E-state index in [0.29, 0.717) is 6.04 Å². The van der Waals surface area contributed by atoms with Crippen LogP contribution < -0.4 is 5.32 Å². The van der Waals surface area contributed by atoms with Gasteiger partial charge in [0.2, 0.25) is 0 Å². The van der Waals surface area contributed by atoms with Gasteiger partial charge in [-0.2, -0.15) is 0 Å². The quantitative estimate of drug-likeness (QED) is 0.877. The van der Waals surface area contributed by atoms with Gasteiger partial charge in [0.15, 0.2) is 0 Å². The number of fused-ring (bicyclic) bond motifs is 1. The van der Waals surface area contributed by atoms with Crippen molar-refractivity contribution >= 4 is 5.69 Å². The first kappa shape index (κ1) is 12.0. The molecule has 0 amide bonds. The number of aryl methyl sites for hydroxylation is 1. The van der Waals surface area contributed by atoms with Gasteiger partial charge >= 0.3 is 0 Å². The summed E-state index contributed by atoms with van der Waals surface area (Å²) in [5, 5.41) is 3.75. The molecule has 2 atom stereocenters. The lowest BCUT2D eigenvalue weighted by Gasteiger charge is -2.33. The molecule has 18 heavy (non-hydrogen) atoms. The molecule has 0 aliphatic carbocycles. The van der Waals surface area contributed by atoms with E-state index in [1.54, 1.807) is 0 Å². The summed E-state index contributed by atoms with van der Waals surface area (Å²) in [6, 6.07) is 10.4. The predicted molar refractivity (Wildman–Crippen MR) is 77.1 cm³/mol. The van der Waals surface area contributed by atoms with Gasteiger partial charge in [-0.15, -0.1) is 0 Å². The minimum absolute atomic E-state index is 0.665. The molecule has 0 aromatic heterocycles. The number of benzene rings is 1. The number of piperidine rings is 1. The van der Waals surface area contributed by atoms with Crippen molar-refractivity contribution in [3.8, 4) is 0 Å². The molecule has 1 aromatic rings. The molecular weight excluding hydrogens is 220 g/mol. The number of hydrogen-bond acceptors (Lipinski definition) is 2. The van der Waals surface area contributed by atoms with Crippen molar-refractivity contribution in [2.75, 3.05) is 18.4 Å². The molecule has 0 saturated carbocycles. The third kappa shape index (κ3) is 2.39. The molecule has 2 unspecified atom stereocenters. The van der Waals surface area contributed by atoms with Crippen LogP contribution >= 0.6 is 0 Å². The van der Waals surface area contributed by atoms with E-state index in [4.69, 9.17) is 0 Å². The van der Waals surface area contributed by atoms with Crippen LogP contribution in [0.15, 0.2) is 24.3 Å². The summed E-state index contributed by atoms with van der Waals surface area (Å²) in [5.74, 6) is 0. The molecule has 3 rings (SSSR count). The lowest BCUT2D eigenvalue weighted by atomic mass is 9.99. The lowest BCUT2D eigenvalue weighted by Crippen LogP contribution is -2.41. The van der Waals surface area contributed by atoms with E-state index in [2.05, 4.69) is 41.4 Å². The van der Waals surface area contributed by atoms with E-state index in [1.807, 2.05) is 0 Å². The molecule has 0 spiro atoms. The number of anilines is 1. The Morgan fingerprint density at radius 1 is 1.11 bits per heavy atom. The van der Waals surface area contributed by atoms with Gasteiger partial charge in [0.05, 0.1) is 0 Å². The second kappa shape index (κ2) is 5.31. The highest BCUT2D eigenvalue weighted by Gasteiger charge is 2.35. The fourth-order valence-corrected chi connectivity index (χ4v) is 3.47. The van der Waals surface area contributed by atoms with Crippen LogP contribution in [0.2, 0.25) is 0 Å². The van der Waals surface area contributed by atoms with Crippen LogP contribution in [0.3, 0.4) is 0 Å². The Morgan fingerprint density at radius 3 is 2.72 bits per heavy atom. The van der Waals surface area contributed by atoms with Crippen molar-refractivity contribution in [1.82, 2.24) is 4.90 Å². The highest BCUT2D eigenvalue weighted by molar-refractivity contribution is 5.46. The molecule has 2 heterocycles. The summed E-state index contributed by atoms with van der Waals surface area (Å²) in [6.07, 6.45) is 6.62. The van der Waals surface area contributed by atoms with Gasteiger partial charge in [-0.25, -0.2) is 0 Å². The van der Waals surface area contributed by atoms with E-state index in [1.165, 1.54) is 50.0 Å². The summed E-state index contributed by atoms with van der Waals surface area (Å²) in [7, 11) is 0. The normalized spacial score (nSPS) is 28.1. The van der Waals surface area contributed by atoms with E-state index in [9.17, 15) is 0 Å². The Labute approximate surface area is 110 Å². The first-order valence-corrected chi connectivity index (χ1v) is 7.46. The van der Waals surface area contributed by atoms with Crippen molar-refractivity contribution in [2.45, 2.75) is 51.1 Å². The van der Waals surface area contributed by atoms with Crippen LogP contribution in [0.1, 0.15) is 38.2 Å². The number of rotatable bonds is 3. The Morgan fingerprint density at radius 2 is 1.94 bits per heavy atom. The van der Waals surface area contributed by atoms with Gasteiger partial charge < -0.3 is 5.32 Å². The minimum Gasteiger partial charge on any atom is -0.381 e. The van der Waals surface area contributed by atoms with Crippen LogP contribution in [0.4, 0.5) is 5.69 Å². The van der Waals surface area contributed by atoms with Crippen molar-refractivity contribution in [1.29, 1.82) is 0 Å². The second-order valence-corrected chi connectivity index (χ2v) is 5.69. The maximum absolute atomic E-state index is 3.75. The van der Waals surface area contributed by atoms with E-state index >= 15 is 0 Å². The van der Waals surface area contributed by atoms with E-state index < -0.39 is 0 Å². The molecule has 2 saturated heterocycles. The van der Waals surface area contributed by atoms with Gasteiger partial charge in [0.25, 0.3) is 0 Å². The summed E-state index contributed by atoms with van der Waals surface area (Å²) in [5.41, 5.74) is 2.72. The Hall–Kier alpha value is -1.02. The zero-order valence-corrected chi connectivity index (χ0v) is 11.4. The summed E-state index contributed by atoms with van der Waals surface area (Å²) in [6.45, 7) is 4.81. The summed E-state index contributed by atoms with van der Waals surface area (Å²) < 4.78 is 0. The van der Waals surface area contributed by atoms with Crippen molar-refractivity contribution in [3.05, 3.63) is 29.8 Å². The zero-order chi connectivity index (χ0) is 12.4. The topological polar surface area (TPSA) is 15.3 Å². The van der Waals surface area contributed by atoms with Gasteiger partial charge in [0.1, 0.15) is 0 Å². The van der Waals surface area contributed by atoms with Crippen LogP contribution in [0.5, 0.6) is 0 Å². The average Bonchev–Trinajstić information content (AvgIpc) is 2.83. The van der Waals surface area contributed by atoms with Gasteiger partial charge in [-0.3, -0.25) is 4.90 Å². The van der Waals surface area contributed by atoms with Gasteiger partial charge in [0, 0.05) is 24.3 Å². The fourth-order valence-electron chi connectivity index (χ4n) is 3.47. The third-order valence-electron chi connectivity index (χ3n) is 4.57. The predicted octanol–water partition coefficient (Wildman–Crippen LogP) is 3.29. The standard InChI is InChI=1S/C16H24N2/c1-2-13-6-8-14(9-7-13)17-15-10-12-18-11-4-3-5-16(15)18/h6-9,15-17H,2-5,10-12H2,1H3. The first-order chi connectivity index (χ1) is 8.86. The summed E-state index contributed by atoms with van der Waals surface area (Å²) in [4.78, 5) is 2.68. The molecular formula is C16H24N2. The third-order valence-corrected chi connectivity index (χ3v) is 4.57. The minimum atomic E-state index is 0.665. The van der Waals surface area contributed by atoms with Crippen LogP contribution in [-0.2, 0) is 6.42 Å². The van der Waals surface area contributed by atoms with Crippen LogP contribution in [0, 0.1) is 0 Å². The highest BCUT2D eigenvalue weighted by atomic mass is 15.2. The van der Waals surface area contributed by atoms with E-state index in [-0.39, 0.29) is 0 Å². The number of nitrogens with one attached hydrogen (secondary N) is 1. The van der Waals surface area contributed by atoms with Crippen LogP contribution in [-0.4, -0.2) is 30.1 Å². The Bertz CT molecular complexity index is 385. The van der Waals surface area contributed by atoms with Crippen molar-refractivity contribution in [2.24, 2.45) is 0 Å². The second-order valence-electron chi connectivity index (χ2n) is 5.69. The van der Waals surface area contributed by atoms with Crippen molar-refractivity contribution < 1.29 is 0 Å². The number of hydrogen-bond donors (Lipinski definition) is 1. The molecule has 2 heteroatoms.